The number of nitrogens with one attached hydrogen (secondary N) is 1. The highest BCUT2D eigenvalue weighted by Crippen LogP contribution is 2.25. The highest BCUT2D eigenvalue weighted by atomic mass is 79.9. The molecule has 0 aliphatic carbocycles. The van der Waals surface area contributed by atoms with Crippen molar-refractivity contribution in [3.8, 4) is 0 Å². The Morgan fingerprint density at radius 3 is 2.47 bits per heavy atom. The highest BCUT2D eigenvalue weighted by Gasteiger charge is 2.20. The van der Waals surface area contributed by atoms with Gasteiger partial charge >= 0.3 is 0 Å². The molecule has 0 spiro atoms. The summed E-state index contributed by atoms with van der Waals surface area (Å²) in [5.74, 6) is 0.00169. The van der Waals surface area contributed by atoms with Crippen molar-refractivity contribution in [3.05, 3.63) is 35.4 Å². The van der Waals surface area contributed by atoms with Crippen molar-refractivity contribution in [2.24, 2.45) is 0 Å². The number of benzene rings is 1. The third-order valence-electron chi connectivity index (χ3n) is 2.52. The van der Waals surface area contributed by atoms with E-state index in [1.54, 1.807) is 0 Å². The van der Waals surface area contributed by atoms with E-state index in [1.165, 1.54) is 0 Å². The van der Waals surface area contributed by atoms with E-state index in [4.69, 9.17) is 0 Å². The molecular formula is C14H20BrNO. The van der Waals surface area contributed by atoms with Gasteiger partial charge in [0.05, 0.1) is 0 Å². The topological polar surface area (TPSA) is 29.1 Å². The summed E-state index contributed by atoms with van der Waals surface area (Å²) in [6, 6.07) is 7.79. The minimum absolute atomic E-state index is 0.00169. The second-order valence-electron chi connectivity index (χ2n) is 5.29. The van der Waals surface area contributed by atoms with Crippen LogP contribution in [0.5, 0.6) is 0 Å². The van der Waals surface area contributed by atoms with Crippen LogP contribution in [0.25, 0.3) is 0 Å². The molecule has 94 valence electrons. The maximum atomic E-state index is 12.1. The molecule has 0 aromatic heterocycles. The summed E-state index contributed by atoms with van der Waals surface area (Å²) in [5.41, 5.74) is 1.83. The van der Waals surface area contributed by atoms with Gasteiger partial charge < -0.3 is 5.32 Å². The molecule has 0 saturated heterocycles. The molecule has 1 aromatic carbocycles. The molecule has 17 heavy (non-hydrogen) atoms. The lowest BCUT2D eigenvalue weighted by Crippen LogP contribution is -2.30. The van der Waals surface area contributed by atoms with Gasteiger partial charge in [0, 0.05) is 16.9 Å². The van der Waals surface area contributed by atoms with Gasteiger partial charge in [0.1, 0.15) is 0 Å². The maximum absolute atomic E-state index is 12.1. The zero-order valence-corrected chi connectivity index (χ0v) is 12.5. The van der Waals surface area contributed by atoms with Crippen LogP contribution in [0.2, 0.25) is 0 Å². The van der Waals surface area contributed by atoms with Crippen LogP contribution in [0, 0.1) is 0 Å². The molecule has 0 aliphatic heterocycles. The Labute approximate surface area is 112 Å². The average Bonchev–Trinajstić information content (AvgIpc) is 2.24. The summed E-state index contributed by atoms with van der Waals surface area (Å²) in [5, 5.41) is 2.93. The van der Waals surface area contributed by atoms with E-state index in [-0.39, 0.29) is 16.1 Å². The highest BCUT2D eigenvalue weighted by molar-refractivity contribution is 9.09. The molecule has 0 bridgehead atoms. The second-order valence-corrected chi connectivity index (χ2v) is 6.85. The first-order valence-electron chi connectivity index (χ1n) is 5.84. The molecule has 1 amide bonds. The Kier molecular flexibility index (Phi) is 4.75. The van der Waals surface area contributed by atoms with Gasteiger partial charge in [-0.2, -0.15) is 0 Å². The monoisotopic (exact) mass is 297 g/mol. The Hall–Kier alpha value is -0.830. The number of rotatable bonds is 3. The number of amides is 1. The lowest BCUT2D eigenvalue weighted by molar-refractivity contribution is 0.0952. The van der Waals surface area contributed by atoms with E-state index < -0.39 is 0 Å². The molecule has 0 saturated carbocycles. The Morgan fingerprint density at radius 1 is 1.35 bits per heavy atom. The van der Waals surface area contributed by atoms with Crippen LogP contribution < -0.4 is 5.32 Å². The standard InChI is InChI=1S/C14H20BrNO/c1-10(15)9-16-13(17)11-7-5-6-8-12(11)14(2,3)4/h5-8,10H,9H2,1-4H3,(H,16,17). The van der Waals surface area contributed by atoms with Crippen molar-refractivity contribution < 1.29 is 4.79 Å². The van der Waals surface area contributed by atoms with Crippen LogP contribution in [0.4, 0.5) is 0 Å². The molecule has 2 nitrogen and oxygen atoms in total. The van der Waals surface area contributed by atoms with Crippen molar-refractivity contribution >= 4 is 21.8 Å². The summed E-state index contributed by atoms with van der Waals surface area (Å²) >= 11 is 3.42. The molecule has 1 rings (SSSR count). The fraction of sp³-hybridized carbons (Fsp3) is 0.500. The van der Waals surface area contributed by atoms with Gasteiger partial charge in [0.2, 0.25) is 0 Å². The van der Waals surface area contributed by atoms with Gasteiger partial charge in [0.25, 0.3) is 5.91 Å². The number of hydrogen-bond acceptors (Lipinski definition) is 1. The first kappa shape index (κ1) is 14.2. The summed E-state index contributed by atoms with van der Waals surface area (Å²) in [7, 11) is 0. The third kappa shape index (κ3) is 4.15. The lowest BCUT2D eigenvalue weighted by Gasteiger charge is -2.22. The smallest absolute Gasteiger partial charge is 0.251 e. The van der Waals surface area contributed by atoms with E-state index in [2.05, 4.69) is 42.0 Å². The quantitative estimate of drug-likeness (QED) is 0.850. The van der Waals surface area contributed by atoms with Crippen LogP contribution in [-0.4, -0.2) is 17.3 Å². The number of carbonyl (C=O) groups is 1. The third-order valence-corrected chi connectivity index (χ3v) is 2.85. The van der Waals surface area contributed by atoms with E-state index in [0.717, 1.165) is 11.1 Å². The molecular weight excluding hydrogens is 278 g/mol. The van der Waals surface area contributed by atoms with Crippen molar-refractivity contribution in [1.29, 1.82) is 0 Å². The summed E-state index contributed by atoms with van der Waals surface area (Å²) < 4.78 is 0. The van der Waals surface area contributed by atoms with Crippen molar-refractivity contribution in [2.75, 3.05) is 6.54 Å². The minimum Gasteiger partial charge on any atom is -0.351 e. The Bertz CT molecular complexity index is 393. The van der Waals surface area contributed by atoms with Crippen LogP contribution in [0.3, 0.4) is 0 Å². The fourth-order valence-corrected chi connectivity index (χ4v) is 1.83. The predicted octanol–water partition coefficient (Wildman–Crippen LogP) is 3.50. The zero-order chi connectivity index (χ0) is 13.1. The minimum atomic E-state index is -0.0199. The number of halogens is 1. The van der Waals surface area contributed by atoms with E-state index >= 15 is 0 Å². The molecule has 0 radical (unpaired) electrons. The average molecular weight is 298 g/mol. The molecule has 0 aliphatic rings. The second kappa shape index (κ2) is 5.67. The Balaban J connectivity index is 2.94. The fourth-order valence-electron chi connectivity index (χ4n) is 1.66. The van der Waals surface area contributed by atoms with Gasteiger partial charge in [-0.05, 0) is 17.0 Å². The number of alkyl halides is 1. The molecule has 0 heterocycles. The van der Waals surface area contributed by atoms with Crippen LogP contribution in [0.1, 0.15) is 43.6 Å². The predicted molar refractivity (Wildman–Crippen MR) is 75.9 cm³/mol. The van der Waals surface area contributed by atoms with E-state index in [0.29, 0.717) is 6.54 Å². The first-order valence-corrected chi connectivity index (χ1v) is 6.75. The number of hydrogen-bond donors (Lipinski definition) is 1. The zero-order valence-electron chi connectivity index (χ0n) is 10.9. The van der Waals surface area contributed by atoms with Crippen molar-refractivity contribution in [3.63, 3.8) is 0 Å². The molecule has 1 N–H and O–H groups in total. The van der Waals surface area contributed by atoms with Gasteiger partial charge in [-0.1, -0.05) is 61.8 Å². The van der Waals surface area contributed by atoms with Crippen LogP contribution >= 0.6 is 15.9 Å². The molecule has 1 atom stereocenters. The SMILES string of the molecule is CC(Br)CNC(=O)c1ccccc1C(C)(C)C. The summed E-state index contributed by atoms with van der Waals surface area (Å²) in [6.07, 6.45) is 0. The summed E-state index contributed by atoms with van der Waals surface area (Å²) in [6.45, 7) is 9.00. The van der Waals surface area contributed by atoms with Gasteiger partial charge in [-0.25, -0.2) is 0 Å². The largest absolute Gasteiger partial charge is 0.351 e. The molecule has 3 heteroatoms. The first-order chi connectivity index (χ1) is 7.82. The van der Waals surface area contributed by atoms with Crippen molar-refractivity contribution in [2.45, 2.75) is 37.9 Å². The van der Waals surface area contributed by atoms with Crippen LogP contribution in [0.15, 0.2) is 24.3 Å². The lowest BCUT2D eigenvalue weighted by atomic mass is 9.83. The van der Waals surface area contributed by atoms with Gasteiger partial charge in [-0.15, -0.1) is 0 Å². The molecule has 1 unspecified atom stereocenters. The molecule has 0 fully saturated rings. The van der Waals surface area contributed by atoms with Crippen molar-refractivity contribution in [1.82, 2.24) is 5.32 Å². The van der Waals surface area contributed by atoms with E-state index in [1.807, 2.05) is 31.2 Å². The molecule has 1 aromatic rings. The maximum Gasteiger partial charge on any atom is 0.251 e. The van der Waals surface area contributed by atoms with Gasteiger partial charge in [0.15, 0.2) is 0 Å². The normalized spacial score (nSPS) is 13.2. The Morgan fingerprint density at radius 2 is 1.94 bits per heavy atom. The summed E-state index contributed by atoms with van der Waals surface area (Å²) in [4.78, 5) is 12.4. The van der Waals surface area contributed by atoms with E-state index in [9.17, 15) is 4.79 Å². The van der Waals surface area contributed by atoms with Gasteiger partial charge in [-0.3, -0.25) is 4.79 Å². The number of carbonyl (C=O) groups excluding carboxylic acids is 1. The van der Waals surface area contributed by atoms with Crippen LogP contribution in [-0.2, 0) is 5.41 Å².